The Morgan fingerprint density at radius 3 is 2.19 bits per heavy atom. The average Bonchev–Trinajstić information content (AvgIpc) is 2.37. The molecule has 0 saturated carbocycles. The highest BCUT2D eigenvalue weighted by Gasteiger charge is 2.33. The highest BCUT2D eigenvalue weighted by Crippen LogP contribution is 2.26. The van der Waals surface area contributed by atoms with E-state index in [9.17, 15) is 9.90 Å². The van der Waals surface area contributed by atoms with Crippen LogP contribution in [0.5, 0.6) is 0 Å². The molecular formula is C16H24N2O3. The number of morpholine rings is 1. The van der Waals surface area contributed by atoms with Crippen LogP contribution in [0.25, 0.3) is 0 Å². The van der Waals surface area contributed by atoms with Gasteiger partial charge < -0.3 is 14.7 Å². The Bertz CT molecular complexity index is 477. The molecule has 0 radical (unpaired) electrons. The summed E-state index contributed by atoms with van der Waals surface area (Å²) >= 11 is 0. The first-order chi connectivity index (χ1) is 9.88. The summed E-state index contributed by atoms with van der Waals surface area (Å²) in [6.07, 6.45) is 0.105. The van der Waals surface area contributed by atoms with E-state index in [0.717, 1.165) is 11.3 Å². The summed E-state index contributed by atoms with van der Waals surface area (Å²) in [6.45, 7) is 5.24. The van der Waals surface area contributed by atoms with Crippen LogP contribution in [0.15, 0.2) is 24.3 Å². The predicted octanol–water partition coefficient (Wildman–Crippen LogP) is 1.99. The van der Waals surface area contributed by atoms with Gasteiger partial charge in [0.25, 0.3) is 0 Å². The van der Waals surface area contributed by atoms with Crippen LogP contribution in [0.3, 0.4) is 0 Å². The summed E-state index contributed by atoms with van der Waals surface area (Å²) in [4.78, 5) is 15.7. The molecule has 1 N–H and O–H groups in total. The topological polar surface area (TPSA) is 53.0 Å². The molecule has 1 aromatic rings. The third-order valence-electron chi connectivity index (χ3n) is 3.77. The molecule has 1 fully saturated rings. The standard InChI is InChI=1S/C16H24N2O3/c1-11-9-18(10-12(2)21-11)15(16(19)20)13-5-7-14(8-6-13)17(3)4/h5-8,11-12,15H,9-10H2,1-4H3,(H,19,20). The lowest BCUT2D eigenvalue weighted by Crippen LogP contribution is -2.48. The molecule has 3 unspecified atom stereocenters. The van der Waals surface area contributed by atoms with Gasteiger partial charge in [-0.05, 0) is 31.5 Å². The number of rotatable bonds is 4. The van der Waals surface area contributed by atoms with Gasteiger partial charge in [0.15, 0.2) is 0 Å². The van der Waals surface area contributed by atoms with Gasteiger partial charge in [0.1, 0.15) is 6.04 Å². The Hall–Kier alpha value is -1.59. The number of ether oxygens (including phenoxy) is 1. The first-order valence-electron chi connectivity index (χ1n) is 7.28. The largest absolute Gasteiger partial charge is 0.480 e. The smallest absolute Gasteiger partial charge is 0.325 e. The molecule has 1 aliphatic rings. The van der Waals surface area contributed by atoms with Gasteiger partial charge in [-0.2, -0.15) is 0 Å². The average molecular weight is 292 g/mol. The van der Waals surface area contributed by atoms with Gasteiger partial charge >= 0.3 is 5.97 Å². The molecule has 5 nitrogen and oxygen atoms in total. The Kier molecular flexibility index (Phi) is 4.85. The van der Waals surface area contributed by atoms with Crippen molar-refractivity contribution in [1.29, 1.82) is 0 Å². The Balaban J connectivity index is 2.24. The van der Waals surface area contributed by atoms with Crippen LogP contribution in [0.4, 0.5) is 5.69 Å². The van der Waals surface area contributed by atoms with Gasteiger partial charge in [-0.3, -0.25) is 9.69 Å². The van der Waals surface area contributed by atoms with Crippen LogP contribution in [0.2, 0.25) is 0 Å². The number of carboxylic acid groups (broad SMARTS) is 1. The second-order valence-electron chi connectivity index (χ2n) is 5.94. The van der Waals surface area contributed by atoms with E-state index in [1.165, 1.54) is 0 Å². The number of benzene rings is 1. The monoisotopic (exact) mass is 292 g/mol. The zero-order valence-electron chi connectivity index (χ0n) is 13.1. The molecule has 0 bridgehead atoms. The molecule has 0 aromatic heterocycles. The van der Waals surface area contributed by atoms with Crippen molar-refractivity contribution < 1.29 is 14.6 Å². The molecule has 1 saturated heterocycles. The maximum atomic E-state index is 11.7. The van der Waals surface area contributed by atoms with Crippen LogP contribution < -0.4 is 4.90 Å². The van der Waals surface area contributed by atoms with E-state index in [-0.39, 0.29) is 12.2 Å². The van der Waals surface area contributed by atoms with E-state index in [0.29, 0.717) is 13.1 Å². The molecule has 0 amide bonds. The second kappa shape index (κ2) is 6.45. The molecule has 1 aliphatic heterocycles. The quantitative estimate of drug-likeness (QED) is 0.919. The first kappa shape index (κ1) is 15.8. The van der Waals surface area contributed by atoms with Crippen LogP contribution in [0, 0.1) is 0 Å². The summed E-state index contributed by atoms with van der Waals surface area (Å²) in [6, 6.07) is 7.10. The zero-order chi connectivity index (χ0) is 15.6. The summed E-state index contributed by atoms with van der Waals surface area (Å²) < 4.78 is 5.69. The zero-order valence-corrected chi connectivity index (χ0v) is 13.1. The lowest BCUT2D eigenvalue weighted by atomic mass is 10.0. The molecule has 3 atom stereocenters. The number of carbonyl (C=O) groups is 1. The number of hydrogen-bond acceptors (Lipinski definition) is 4. The van der Waals surface area contributed by atoms with Crippen LogP contribution in [0.1, 0.15) is 25.5 Å². The molecule has 0 spiro atoms. The third kappa shape index (κ3) is 3.74. The van der Waals surface area contributed by atoms with Gasteiger partial charge in [-0.15, -0.1) is 0 Å². The number of carboxylic acids is 1. The van der Waals surface area contributed by atoms with Crippen molar-refractivity contribution in [2.24, 2.45) is 0 Å². The van der Waals surface area contributed by atoms with E-state index >= 15 is 0 Å². The minimum Gasteiger partial charge on any atom is -0.480 e. The van der Waals surface area contributed by atoms with Crippen molar-refractivity contribution in [1.82, 2.24) is 4.90 Å². The lowest BCUT2D eigenvalue weighted by Gasteiger charge is -2.38. The molecule has 5 heteroatoms. The van der Waals surface area contributed by atoms with Gasteiger partial charge in [0.05, 0.1) is 12.2 Å². The Morgan fingerprint density at radius 2 is 1.76 bits per heavy atom. The molecule has 2 rings (SSSR count). The van der Waals surface area contributed by atoms with E-state index < -0.39 is 12.0 Å². The number of aliphatic carboxylic acids is 1. The van der Waals surface area contributed by atoms with Crippen LogP contribution in [-0.2, 0) is 9.53 Å². The molecule has 1 heterocycles. The van der Waals surface area contributed by atoms with Crippen molar-refractivity contribution >= 4 is 11.7 Å². The van der Waals surface area contributed by atoms with E-state index in [1.807, 2.05) is 62.0 Å². The third-order valence-corrected chi connectivity index (χ3v) is 3.77. The first-order valence-corrected chi connectivity index (χ1v) is 7.28. The van der Waals surface area contributed by atoms with Crippen LogP contribution >= 0.6 is 0 Å². The fourth-order valence-corrected chi connectivity index (χ4v) is 2.89. The highest BCUT2D eigenvalue weighted by molar-refractivity contribution is 5.76. The molecule has 21 heavy (non-hydrogen) atoms. The van der Waals surface area contributed by atoms with Crippen molar-refractivity contribution in [3.8, 4) is 0 Å². The lowest BCUT2D eigenvalue weighted by molar-refractivity contribution is -0.149. The van der Waals surface area contributed by atoms with Gasteiger partial charge in [-0.25, -0.2) is 0 Å². The summed E-state index contributed by atoms with van der Waals surface area (Å²) in [5, 5.41) is 9.64. The normalized spacial score (nSPS) is 24.6. The molecule has 116 valence electrons. The molecular weight excluding hydrogens is 268 g/mol. The fraction of sp³-hybridized carbons (Fsp3) is 0.562. The summed E-state index contributed by atoms with van der Waals surface area (Å²) in [5.74, 6) is -0.811. The molecule has 0 aliphatic carbocycles. The minimum absolute atomic E-state index is 0.0525. The molecule has 1 aromatic carbocycles. The minimum atomic E-state index is -0.811. The summed E-state index contributed by atoms with van der Waals surface area (Å²) in [7, 11) is 3.93. The van der Waals surface area contributed by atoms with Gasteiger partial charge in [-0.1, -0.05) is 12.1 Å². The Morgan fingerprint density at radius 1 is 1.24 bits per heavy atom. The van der Waals surface area contributed by atoms with Crippen molar-refractivity contribution in [2.45, 2.75) is 32.1 Å². The van der Waals surface area contributed by atoms with E-state index in [1.54, 1.807) is 0 Å². The van der Waals surface area contributed by atoms with Crippen molar-refractivity contribution in [3.05, 3.63) is 29.8 Å². The van der Waals surface area contributed by atoms with E-state index in [4.69, 9.17) is 4.74 Å². The SMILES string of the molecule is CC1CN(C(C(=O)O)c2ccc(N(C)C)cc2)CC(C)O1. The maximum Gasteiger partial charge on any atom is 0.325 e. The highest BCUT2D eigenvalue weighted by atomic mass is 16.5. The van der Waals surface area contributed by atoms with Gasteiger partial charge in [0, 0.05) is 32.9 Å². The van der Waals surface area contributed by atoms with E-state index in [2.05, 4.69) is 0 Å². The number of anilines is 1. The fourth-order valence-electron chi connectivity index (χ4n) is 2.89. The van der Waals surface area contributed by atoms with Crippen molar-refractivity contribution in [2.75, 3.05) is 32.1 Å². The van der Waals surface area contributed by atoms with Gasteiger partial charge in [0.2, 0.25) is 0 Å². The Labute approximate surface area is 126 Å². The predicted molar refractivity (Wildman–Crippen MR) is 82.7 cm³/mol. The van der Waals surface area contributed by atoms with Crippen LogP contribution in [-0.4, -0.2) is 55.4 Å². The summed E-state index contributed by atoms with van der Waals surface area (Å²) in [5.41, 5.74) is 1.88. The number of nitrogens with zero attached hydrogens (tertiary/aromatic N) is 2. The van der Waals surface area contributed by atoms with Crippen molar-refractivity contribution in [3.63, 3.8) is 0 Å². The second-order valence-corrected chi connectivity index (χ2v) is 5.94. The maximum absolute atomic E-state index is 11.7. The number of hydrogen-bond donors (Lipinski definition) is 1.